The monoisotopic (exact) mass is 303 g/mol. The predicted molar refractivity (Wildman–Crippen MR) is 82.1 cm³/mol. The maximum absolute atomic E-state index is 12.2. The average molecular weight is 303 g/mol. The van der Waals surface area contributed by atoms with Crippen molar-refractivity contribution < 1.29 is 9.59 Å². The van der Waals surface area contributed by atoms with Crippen molar-refractivity contribution in [2.45, 2.75) is 19.8 Å². The summed E-state index contributed by atoms with van der Waals surface area (Å²) < 4.78 is 5.08. The lowest BCUT2D eigenvalue weighted by Crippen LogP contribution is -2.49. The summed E-state index contributed by atoms with van der Waals surface area (Å²) in [6.45, 7) is 3.75. The number of hydrazine groups is 1. The second-order valence-corrected chi connectivity index (χ2v) is 6.38. The lowest BCUT2D eigenvalue weighted by Gasteiger charge is -2.30. The number of fused-ring (bicyclic) bond motifs is 1. The lowest BCUT2D eigenvalue weighted by molar-refractivity contribution is -0.122. The van der Waals surface area contributed by atoms with E-state index in [0.717, 1.165) is 29.6 Å². The summed E-state index contributed by atoms with van der Waals surface area (Å²) in [5, 5.41) is 2.74. The molecule has 1 aliphatic rings. The van der Waals surface area contributed by atoms with Gasteiger partial charge in [-0.05, 0) is 48.5 Å². The molecule has 1 amide bonds. The number of nitrogens with one attached hydrogen (secondary N) is 1. The summed E-state index contributed by atoms with van der Waals surface area (Å²) in [6, 6.07) is 5.23. The molecule has 0 aliphatic carbocycles. The van der Waals surface area contributed by atoms with Gasteiger partial charge in [-0.25, -0.2) is 5.01 Å². The second kappa shape index (κ2) is 5.91. The van der Waals surface area contributed by atoms with Crippen LogP contribution in [0.5, 0.6) is 0 Å². The Morgan fingerprint density at radius 1 is 1.43 bits per heavy atom. The Hall–Kier alpha value is -1.79. The Labute approximate surface area is 127 Å². The lowest BCUT2D eigenvalue weighted by atomic mass is 10.0. The van der Waals surface area contributed by atoms with Crippen LogP contribution in [0.4, 0.5) is 0 Å². The number of amides is 1. The summed E-state index contributed by atoms with van der Waals surface area (Å²) in [5.41, 5.74) is 3.13. The van der Waals surface area contributed by atoms with Crippen LogP contribution < -0.4 is 5.43 Å². The van der Waals surface area contributed by atoms with Gasteiger partial charge in [0.25, 0.3) is 5.78 Å². The summed E-state index contributed by atoms with van der Waals surface area (Å²) in [4.78, 5) is 24.3. The number of benzene rings is 1. The van der Waals surface area contributed by atoms with Crippen molar-refractivity contribution in [2.75, 3.05) is 13.1 Å². The third-order valence-electron chi connectivity index (χ3n) is 3.74. The Morgan fingerprint density at radius 3 is 3.10 bits per heavy atom. The van der Waals surface area contributed by atoms with Gasteiger partial charge in [-0.1, -0.05) is 6.92 Å². The minimum Gasteiger partial charge on any atom is -0.283 e. The molecule has 1 atom stereocenters. The Bertz CT molecular complexity index is 682. The largest absolute Gasteiger partial charge is 0.306 e. The predicted octanol–water partition coefficient (Wildman–Crippen LogP) is 2.24. The summed E-state index contributed by atoms with van der Waals surface area (Å²) in [7, 11) is 0. The molecule has 1 saturated heterocycles. The number of carbonyl (C=O) groups is 2. The van der Waals surface area contributed by atoms with Crippen LogP contribution in [0.25, 0.3) is 10.1 Å². The maximum atomic E-state index is 12.2. The maximum Gasteiger partial charge on any atom is 0.306 e. The third kappa shape index (κ3) is 3.11. The van der Waals surface area contributed by atoms with Gasteiger partial charge in [0.2, 0.25) is 0 Å². The van der Waals surface area contributed by atoms with Gasteiger partial charge in [0.15, 0.2) is 0 Å². The molecule has 0 radical (unpaired) electrons. The Kier molecular flexibility index (Phi) is 3.98. The fraction of sp³-hybridized carbons (Fsp3) is 0.400. The minimum atomic E-state index is -0.563. The van der Waals surface area contributed by atoms with E-state index in [1.165, 1.54) is 18.0 Å². The van der Waals surface area contributed by atoms with E-state index in [-0.39, 0.29) is 0 Å². The molecular formula is C15H17N3O2S. The number of Topliss-reactive ketones (excluding diaryl/α,β-unsaturated/α-hetero) is 1. The number of aromatic nitrogens is 1. The van der Waals surface area contributed by atoms with Gasteiger partial charge < -0.3 is 0 Å². The number of rotatable bonds is 3. The van der Waals surface area contributed by atoms with Crippen molar-refractivity contribution in [2.24, 2.45) is 5.92 Å². The highest BCUT2D eigenvalue weighted by Crippen LogP contribution is 2.19. The highest BCUT2D eigenvalue weighted by atomic mass is 32.1. The summed E-state index contributed by atoms with van der Waals surface area (Å²) >= 11 is 1.37. The molecule has 1 N–H and O–H groups in total. The number of carbonyl (C=O) groups excluding carboxylic acids is 2. The molecule has 3 rings (SSSR count). The zero-order valence-corrected chi connectivity index (χ0v) is 12.7. The van der Waals surface area contributed by atoms with E-state index in [1.807, 2.05) is 11.1 Å². The minimum absolute atomic E-state index is 0.408. The first kappa shape index (κ1) is 14.2. The van der Waals surface area contributed by atoms with Gasteiger partial charge in [0.1, 0.15) is 0 Å². The smallest absolute Gasteiger partial charge is 0.283 e. The van der Waals surface area contributed by atoms with E-state index >= 15 is 0 Å². The molecule has 0 spiro atoms. The van der Waals surface area contributed by atoms with Crippen molar-refractivity contribution in [3.63, 3.8) is 0 Å². The van der Waals surface area contributed by atoms with Gasteiger partial charge >= 0.3 is 5.91 Å². The van der Waals surface area contributed by atoms with Crippen molar-refractivity contribution in [1.82, 2.24) is 14.8 Å². The first-order valence-electron chi connectivity index (χ1n) is 7.08. The van der Waals surface area contributed by atoms with E-state index in [0.29, 0.717) is 11.5 Å². The Balaban J connectivity index is 1.70. The van der Waals surface area contributed by atoms with Crippen molar-refractivity contribution >= 4 is 33.3 Å². The standard InChI is InChI=1S/C15H17N3O2S/c1-10-3-2-6-18(9-10)17-15(20)14(19)11-4-5-13-12(7-11)8-16-21-13/h4-5,7-8,10H,2-3,6,9H2,1H3,(H,17,20)/t10-/m0/s1. The third-order valence-corrected chi connectivity index (χ3v) is 4.52. The van der Waals surface area contributed by atoms with Gasteiger partial charge in [0.05, 0.1) is 4.70 Å². The van der Waals surface area contributed by atoms with Crippen LogP contribution in [-0.4, -0.2) is 34.2 Å². The van der Waals surface area contributed by atoms with Crippen LogP contribution in [0.1, 0.15) is 30.1 Å². The molecule has 2 aromatic rings. The number of hydrogen-bond donors (Lipinski definition) is 1. The van der Waals surface area contributed by atoms with Crippen LogP contribution >= 0.6 is 11.5 Å². The van der Waals surface area contributed by atoms with Gasteiger partial charge in [0, 0.05) is 30.2 Å². The van der Waals surface area contributed by atoms with Crippen molar-refractivity contribution in [1.29, 1.82) is 0 Å². The number of nitrogens with zero attached hydrogens (tertiary/aromatic N) is 2. The Morgan fingerprint density at radius 2 is 2.29 bits per heavy atom. The first-order valence-corrected chi connectivity index (χ1v) is 7.85. The van der Waals surface area contributed by atoms with E-state index < -0.39 is 11.7 Å². The molecule has 1 aromatic heterocycles. The number of piperidine rings is 1. The molecule has 2 heterocycles. The zero-order chi connectivity index (χ0) is 14.8. The van der Waals surface area contributed by atoms with Gasteiger partial charge in [-0.15, -0.1) is 0 Å². The molecular weight excluding hydrogens is 286 g/mol. The average Bonchev–Trinajstić information content (AvgIpc) is 2.93. The summed E-state index contributed by atoms with van der Waals surface area (Å²) in [6.07, 6.45) is 3.92. The highest BCUT2D eigenvalue weighted by molar-refractivity contribution is 7.13. The normalized spacial score (nSPS) is 19.6. The van der Waals surface area contributed by atoms with Crippen molar-refractivity contribution in [3.8, 4) is 0 Å². The van der Waals surface area contributed by atoms with Crippen molar-refractivity contribution in [3.05, 3.63) is 30.0 Å². The second-order valence-electron chi connectivity index (χ2n) is 5.54. The molecule has 0 bridgehead atoms. The van der Waals surface area contributed by atoms with Crippen LogP contribution in [0.3, 0.4) is 0 Å². The molecule has 5 nitrogen and oxygen atoms in total. The van der Waals surface area contributed by atoms with E-state index in [9.17, 15) is 9.59 Å². The first-order chi connectivity index (χ1) is 10.1. The van der Waals surface area contributed by atoms with E-state index in [2.05, 4.69) is 16.7 Å². The molecule has 6 heteroatoms. The molecule has 21 heavy (non-hydrogen) atoms. The molecule has 1 aromatic carbocycles. The van der Waals surface area contributed by atoms with E-state index in [4.69, 9.17) is 0 Å². The SMILES string of the molecule is C[C@H]1CCCN(NC(=O)C(=O)c2ccc3sncc3c2)C1. The number of hydrogen-bond acceptors (Lipinski definition) is 5. The fourth-order valence-corrected chi connectivity index (χ4v) is 3.26. The quantitative estimate of drug-likeness (QED) is 0.698. The molecule has 110 valence electrons. The fourth-order valence-electron chi connectivity index (χ4n) is 2.63. The molecule has 0 saturated carbocycles. The van der Waals surface area contributed by atoms with Crippen LogP contribution in [0, 0.1) is 5.92 Å². The van der Waals surface area contributed by atoms with E-state index in [1.54, 1.807) is 18.3 Å². The highest BCUT2D eigenvalue weighted by Gasteiger charge is 2.22. The molecule has 0 unspecified atom stereocenters. The van der Waals surface area contributed by atoms with Crippen LogP contribution in [-0.2, 0) is 4.79 Å². The van der Waals surface area contributed by atoms with Gasteiger partial charge in [-0.3, -0.25) is 15.0 Å². The molecule has 1 aliphatic heterocycles. The van der Waals surface area contributed by atoms with Crippen LogP contribution in [0.2, 0.25) is 0 Å². The number of ketones is 1. The van der Waals surface area contributed by atoms with Crippen LogP contribution in [0.15, 0.2) is 24.4 Å². The molecule has 1 fully saturated rings. The topological polar surface area (TPSA) is 62.3 Å². The van der Waals surface area contributed by atoms with Gasteiger partial charge in [-0.2, -0.15) is 4.37 Å². The zero-order valence-electron chi connectivity index (χ0n) is 11.8. The summed E-state index contributed by atoms with van der Waals surface area (Å²) in [5.74, 6) is -0.518.